The first-order valence-electron chi connectivity index (χ1n) is 11.7. The topological polar surface area (TPSA) is 147 Å². The molecule has 3 heterocycles. The van der Waals surface area contributed by atoms with E-state index in [0.29, 0.717) is 48.7 Å². The SMILES string of the molecule is Cc1cc(C#N)ccc1-c1c[nH]n(-c2ccc(C(=O)N3CCN(C(C)CN=[N+]=[N-])[C@H](C)C3)cn2)c1=O. The van der Waals surface area contributed by atoms with Gasteiger partial charge in [0.1, 0.15) is 0 Å². The number of hydrogen-bond acceptors (Lipinski definition) is 6. The molecule has 1 unspecified atom stereocenters. The molecular weight excluding hydrogens is 458 g/mol. The van der Waals surface area contributed by atoms with Crippen molar-refractivity contribution in [3.8, 4) is 23.0 Å². The molecule has 1 N–H and O–H groups in total. The molecule has 1 fully saturated rings. The number of H-pyrrole nitrogens is 1. The number of aromatic amines is 1. The predicted octanol–water partition coefficient (Wildman–Crippen LogP) is 3.25. The maximum absolute atomic E-state index is 13.1. The molecule has 1 saturated heterocycles. The van der Waals surface area contributed by atoms with Crippen molar-refractivity contribution in [3.63, 3.8) is 0 Å². The van der Waals surface area contributed by atoms with Crippen LogP contribution in [0, 0.1) is 18.3 Å². The second kappa shape index (κ2) is 10.5. The quantitative estimate of drug-likeness (QED) is 0.323. The van der Waals surface area contributed by atoms with E-state index in [1.54, 1.807) is 41.4 Å². The van der Waals surface area contributed by atoms with Crippen molar-refractivity contribution in [3.05, 3.63) is 80.2 Å². The first-order chi connectivity index (χ1) is 17.3. The first kappa shape index (κ1) is 24.7. The van der Waals surface area contributed by atoms with Gasteiger partial charge in [0.2, 0.25) is 0 Å². The van der Waals surface area contributed by atoms with Crippen molar-refractivity contribution in [2.24, 2.45) is 5.11 Å². The number of piperazine rings is 1. The standard InChI is InChI=1S/C25H27N9O2/c1-16-10-19(11-26)4-6-21(16)22-14-30-34(25(22)36)23-7-5-20(13-28-23)24(35)32-8-9-33(18(3)15-32)17(2)12-29-31-27/h4-7,10,13-14,17-18,30H,8-9,12,15H2,1-3H3/t17?,18-/m1/s1. The number of rotatable bonds is 6. The Morgan fingerprint density at radius 2 is 2.14 bits per heavy atom. The van der Waals surface area contributed by atoms with Gasteiger partial charge in [-0.3, -0.25) is 19.6 Å². The summed E-state index contributed by atoms with van der Waals surface area (Å²) in [5.41, 5.74) is 11.3. The zero-order valence-electron chi connectivity index (χ0n) is 20.4. The molecule has 0 radical (unpaired) electrons. The molecule has 0 saturated carbocycles. The van der Waals surface area contributed by atoms with E-state index >= 15 is 0 Å². The molecule has 184 valence electrons. The second-order valence-electron chi connectivity index (χ2n) is 8.97. The molecule has 0 bridgehead atoms. The number of nitrogens with zero attached hydrogens (tertiary/aromatic N) is 8. The summed E-state index contributed by atoms with van der Waals surface area (Å²) >= 11 is 0. The van der Waals surface area contributed by atoms with Gasteiger partial charge in [0.05, 0.1) is 22.8 Å². The van der Waals surface area contributed by atoms with E-state index in [9.17, 15) is 9.59 Å². The van der Waals surface area contributed by atoms with Crippen molar-refractivity contribution in [2.75, 3.05) is 26.2 Å². The van der Waals surface area contributed by atoms with Crippen molar-refractivity contribution in [1.29, 1.82) is 5.26 Å². The molecule has 0 spiro atoms. The van der Waals surface area contributed by atoms with Gasteiger partial charge in [0.25, 0.3) is 11.5 Å². The molecule has 2 atom stereocenters. The van der Waals surface area contributed by atoms with Crippen LogP contribution in [0.5, 0.6) is 0 Å². The van der Waals surface area contributed by atoms with Crippen LogP contribution in [0.25, 0.3) is 27.4 Å². The van der Waals surface area contributed by atoms with E-state index in [4.69, 9.17) is 10.8 Å². The lowest BCUT2D eigenvalue weighted by Gasteiger charge is -2.42. The highest BCUT2D eigenvalue weighted by molar-refractivity contribution is 5.94. The van der Waals surface area contributed by atoms with Gasteiger partial charge >= 0.3 is 0 Å². The molecule has 11 nitrogen and oxygen atoms in total. The van der Waals surface area contributed by atoms with Gasteiger partial charge < -0.3 is 4.90 Å². The Morgan fingerprint density at radius 3 is 2.78 bits per heavy atom. The van der Waals surface area contributed by atoms with Crippen molar-refractivity contribution in [1.82, 2.24) is 24.6 Å². The van der Waals surface area contributed by atoms with Crippen molar-refractivity contribution < 1.29 is 4.79 Å². The molecule has 2 aromatic heterocycles. The number of aromatic nitrogens is 3. The van der Waals surface area contributed by atoms with Crippen LogP contribution >= 0.6 is 0 Å². The van der Waals surface area contributed by atoms with E-state index in [1.807, 2.05) is 13.8 Å². The fourth-order valence-corrected chi connectivity index (χ4v) is 4.67. The molecule has 0 aliphatic carbocycles. The van der Waals surface area contributed by atoms with Gasteiger partial charge in [-0.05, 0) is 61.7 Å². The van der Waals surface area contributed by atoms with E-state index < -0.39 is 0 Å². The molecule has 11 heteroatoms. The van der Waals surface area contributed by atoms with Gasteiger partial charge in [0, 0.05) is 55.6 Å². The minimum Gasteiger partial charge on any atom is -0.336 e. The average Bonchev–Trinajstić information content (AvgIpc) is 3.27. The lowest BCUT2D eigenvalue weighted by Crippen LogP contribution is -2.56. The monoisotopic (exact) mass is 485 g/mol. The maximum atomic E-state index is 13.1. The lowest BCUT2D eigenvalue weighted by molar-refractivity contribution is 0.0412. The minimum absolute atomic E-state index is 0.103. The summed E-state index contributed by atoms with van der Waals surface area (Å²) in [6.45, 7) is 8.13. The summed E-state index contributed by atoms with van der Waals surface area (Å²) in [7, 11) is 0. The lowest BCUT2D eigenvalue weighted by atomic mass is 10.0. The summed E-state index contributed by atoms with van der Waals surface area (Å²) in [5.74, 6) is 0.259. The predicted molar refractivity (Wildman–Crippen MR) is 135 cm³/mol. The van der Waals surface area contributed by atoms with Gasteiger partial charge in [-0.15, -0.1) is 0 Å². The Bertz CT molecular complexity index is 1410. The van der Waals surface area contributed by atoms with Gasteiger partial charge in [-0.1, -0.05) is 11.2 Å². The molecule has 1 amide bonds. The van der Waals surface area contributed by atoms with E-state index in [0.717, 1.165) is 11.1 Å². The van der Waals surface area contributed by atoms with E-state index in [-0.39, 0.29) is 23.6 Å². The number of carbonyl (C=O) groups excluding carboxylic acids is 1. The summed E-state index contributed by atoms with van der Waals surface area (Å²) in [6, 6.07) is 10.8. The molecule has 36 heavy (non-hydrogen) atoms. The zero-order valence-corrected chi connectivity index (χ0v) is 20.4. The minimum atomic E-state index is -0.269. The highest BCUT2D eigenvalue weighted by atomic mass is 16.2. The second-order valence-corrected chi connectivity index (χ2v) is 8.97. The van der Waals surface area contributed by atoms with Crippen LogP contribution in [0.15, 0.2) is 52.6 Å². The Hall–Kier alpha value is -4.39. The summed E-state index contributed by atoms with van der Waals surface area (Å²) in [6.07, 6.45) is 3.10. The number of benzene rings is 1. The maximum Gasteiger partial charge on any atom is 0.280 e. The van der Waals surface area contributed by atoms with Crippen LogP contribution in [0.2, 0.25) is 0 Å². The molecule has 1 aliphatic heterocycles. The van der Waals surface area contributed by atoms with Crippen LogP contribution in [-0.2, 0) is 0 Å². The largest absolute Gasteiger partial charge is 0.336 e. The number of aryl methyl sites for hydroxylation is 1. The van der Waals surface area contributed by atoms with E-state index in [2.05, 4.69) is 38.0 Å². The summed E-state index contributed by atoms with van der Waals surface area (Å²) in [5, 5.41) is 15.7. The number of amides is 1. The highest BCUT2D eigenvalue weighted by Crippen LogP contribution is 2.22. The Labute approximate surface area is 208 Å². The van der Waals surface area contributed by atoms with Crippen LogP contribution in [0.3, 0.4) is 0 Å². The Kier molecular flexibility index (Phi) is 7.20. The smallest absolute Gasteiger partial charge is 0.280 e. The average molecular weight is 486 g/mol. The zero-order chi connectivity index (χ0) is 25.8. The third-order valence-electron chi connectivity index (χ3n) is 6.58. The number of azide groups is 1. The Morgan fingerprint density at radius 1 is 1.33 bits per heavy atom. The molecule has 1 aromatic carbocycles. The number of nitriles is 1. The number of nitrogens with one attached hydrogen (secondary N) is 1. The number of carbonyl (C=O) groups is 1. The Balaban J connectivity index is 1.48. The van der Waals surface area contributed by atoms with Crippen LogP contribution in [0.4, 0.5) is 0 Å². The normalized spacial score (nSPS) is 16.7. The van der Waals surface area contributed by atoms with Crippen molar-refractivity contribution >= 4 is 5.91 Å². The third-order valence-corrected chi connectivity index (χ3v) is 6.58. The molecule has 3 aromatic rings. The number of hydrogen-bond donors (Lipinski definition) is 1. The molecular formula is C25H27N9O2. The van der Waals surface area contributed by atoms with Gasteiger partial charge in [-0.25, -0.2) is 9.67 Å². The highest BCUT2D eigenvalue weighted by Gasteiger charge is 2.30. The fraction of sp³-hybridized carbons (Fsp3) is 0.360. The third kappa shape index (κ3) is 4.86. The summed E-state index contributed by atoms with van der Waals surface area (Å²) in [4.78, 5) is 37.4. The summed E-state index contributed by atoms with van der Waals surface area (Å²) < 4.78 is 1.33. The van der Waals surface area contributed by atoms with Crippen LogP contribution < -0.4 is 5.56 Å². The fourth-order valence-electron chi connectivity index (χ4n) is 4.67. The van der Waals surface area contributed by atoms with Crippen LogP contribution in [0.1, 0.15) is 35.3 Å². The van der Waals surface area contributed by atoms with Gasteiger partial charge in [-0.2, -0.15) is 5.26 Å². The van der Waals surface area contributed by atoms with Gasteiger partial charge in [0.15, 0.2) is 5.82 Å². The first-order valence-corrected chi connectivity index (χ1v) is 11.7. The molecule has 1 aliphatic rings. The van der Waals surface area contributed by atoms with Crippen molar-refractivity contribution in [2.45, 2.75) is 32.9 Å². The molecule has 4 rings (SSSR count). The number of pyridine rings is 1. The van der Waals surface area contributed by atoms with Crippen LogP contribution in [-0.4, -0.2) is 68.7 Å². The van der Waals surface area contributed by atoms with E-state index in [1.165, 1.54) is 10.9 Å².